The van der Waals surface area contributed by atoms with Crippen molar-refractivity contribution in [3.05, 3.63) is 18.1 Å². The van der Waals surface area contributed by atoms with Crippen molar-refractivity contribution in [3.63, 3.8) is 0 Å². The van der Waals surface area contributed by atoms with Gasteiger partial charge in [0.2, 0.25) is 10.0 Å². The number of piperidine rings is 1. The Morgan fingerprint density at radius 2 is 2.23 bits per heavy atom. The Balaban J connectivity index is 1.85. The molecule has 3 rings (SSSR count). The average molecular weight is 382 g/mol. The zero-order valence-electron chi connectivity index (χ0n) is 15.8. The summed E-state index contributed by atoms with van der Waals surface area (Å²) in [5.74, 6) is 1.31. The molecule has 1 aliphatic heterocycles. The topological polar surface area (TPSA) is 93.3 Å². The molecule has 1 saturated heterocycles. The van der Waals surface area contributed by atoms with Gasteiger partial charge in [-0.25, -0.2) is 8.42 Å². The highest BCUT2D eigenvalue weighted by atomic mass is 32.2. The Hall–Kier alpha value is -1.71. The standard InChI is InChI=1S/C17H27N5O3S/c1-12-6-5-7-22(10-12)26(23,24)14-9-15(21(4)11-14)17-19-16(20-25-17)8-13(2)18-3/h9,11-13,18H,5-8,10H2,1-4H3. The number of aromatic nitrogens is 3. The summed E-state index contributed by atoms with van der Waals surface area (Å²) < 4.78 is 34.6. The zero-order valence-corrected chi connectivity index (χ0v) is 16.6. The first kappa shape index (κ1) is 19.1. The fraction of sp³-hybridized carbons (Fsp3) is 0.647. The van der Waals surface area contributed by atoms with Crippen molar-refractivity contribution in [1.29, 1.82) is 0 Å². The molecule has 2 aromatic heterocycles. The lowest BCUT2D eigenvalue weighted by atomic mass is 10.0. The highest BCUT2D eigenvalue weighted by molar-refractivity contribution is 7.89. The first-order chi connectivity index (χ1) is 12.3. The maximum atomic E-state index is 13.0. The van der Waals surface area contributed by atoms with Crippen LogP contribution in [0.5, 0.6) is 0 Å². The molecular formula is C17H27N5O3S. The lowest BCUT2D eigenvalue weighted by molar-refractivity contribution is 0.281. The molecule has 8 nitrogen and oxygen atoms in total. The minimum Gasteiger partial charge on any atom is -0.345 e. The third-order valence-electron chi connectivity index (χ3n) is 4.91. The number of sulfonamides is 1. The summed E-state index contributed by atoms with van der Waals surface area (Å²) in [6.45, 7) is 5.26. The predicted molar refractivity (Wildman–Crippen MR) is 98.1 cm³/mol. The summed E-state index contributed by atoms with van der Waals surface area (Å²) in [5, 5.41) is 7.12. The first-order valence-corrected chi connectivity index (χ1v) is 10.4. The van der Waals surface area contributed by atoms with Gasteiger partial charge >= 0.3 is 0 Å². The Kier molecular flexibility index (Phi) is 5.50. The number of hydrogen-bond acceptors (Lipinski definition) is 6. The summed E-state index contributed by atoms with van der Waals surface area (Å²) in [6.07, 6.45) is 4.23. The number of nitrogens with zero attached hydrogens (tertiary/aromatic N) is 4. The Morgan fingerprint density at radius 3 is 2.92 bits per heavy atom. The van der Waals surface area contributed by atoms with Crippen LogP contribution in [-0.2, 0) is 23.5 Å². The van der Waals surface area contributed by atoms with Crippen LogP contribution < -0.4 is 5.32 Å². The molecule has 2 atom stereocenters. The monoisotopic (exact) mass is 381 g/mol. The molecule has 144 valence electrons. The van der Waals surface area contributed by atoms with E-state index in [0.717, 1.165) is 12.8 Å². The quantitative estimate of drug-likeness (QED) is 0.818. The second-order valence-electron chi connectivity index (χ2n) is 7.19. The van der Waals surface area contributed by atoms with Gasteiger partial charge in [-0.1, -0.05) is 12.1 Å². The van der Waals surface area contributed by atoms with Gasteiger partial charge in [0.05, 0.1) is 0 Å². The predicted octanol–water partition coefficient (Wildman–Crippen LogP) is 1.65. The van der Waals surface area contributed by atoms with Crippen molar-refractivity contribution in [2.45, 2.75) is 44.0 Å². The molecule has 0 bridgehead atoms. The van der Waals surface area contributed by atoms with Crippen molar-refractivity contribution in [2.75, 3.05) is 20.1 Å². The second-order valence-corrected chi connectivity index (χ2v) is 9.13. The maximum absolute atomic E-state index is 13.0. The van der Waals surface area contributed by atoms with E-state index in [9.17, 15) is 8.42 Å². The number of rotatable bonds is 6. The van der Waals surface area contributed by atoms with Crippen molar-refractivity contribution in [2.24, 2.45) is 13.0 Å². The zero-order chi connectivity index (χ0) is 18.9. The Labute approximate surface area is 154 Å². The van der Waals surface area contributed by atoms with Crippen molar-refractivity contribution < 1.29 is 12.9 Å². The average Bonchev–Trinajstić information content (AvgIpc) is 3.21. The summed E-state index contributed by atoms with van der Waals surface area (Å²) in [6, 6.07) is 1.85. The number of aryl methyl sites for hydroxylation is 1. The summed E-state index contributed by atoms with van der Waals surface area (Å²) in [7, 11) is 0.153. The molecule has 1 N–H and O–H groups in total. The van der Waals surface area contributed by atoms with Gasteiger partial charge < -0.3 is 14.4 Å². The van der Waals surface area contributed by atoms with Crippen LogP contribution in [0.25, 0.3) is 11.6 Å². The van der Waals surface area contributed by atoms with E-state index in [2.05, 4.69) is 22.4 Å². The molecule has 0 aliphatic carbocycles. The van der Waals surface area contributed by atoms with Crippen LogP contribution >= 0.6 is 0 Å². The van der Waals surface area contributed by atoms with Gasteiger partial charge in [-0.3, -0.25) is 0 Å². The molecule has 0 amide bonds. The minimum atomic E-state index is -3.51. The van der Waals surface area contributed by atoms with Gasteiger partial charge in [0.15, 0.2) is 5.82 Å². The van der Waals surface area contributed by atoms with Crippen LogP contribution in [0, 0.1) is 5.92 Å². The van der Waals surface area contributed by atoms with Crippen molar-refractivity contribution >= 4 is 10.0 Å². The van der Waals surface area contributed by atoms with E-state index in [1.54, 1.807) is 28.2 Å². The smallest absolute Gasteiger partial charge is 0.274 e. The van der Waals surface area contributed by atoms with Crippen LogP contribution in [0.4, 0.5) is 0 Å². The molecule has 3 heterocycles. The lowest BCUT2D eigenvalue weighted by Gasteiger charge is -2.29. The van der Waals surface area contributed by atoms with Gasteiger partial charge in [-0.2, -0.15) is 9.29 Å². The molecule has 26 heavy (non-hydrogen) atoms. The molecular weight excluding hydrogens is 354 g/mol. The van der Waals surface area contributed by atoms with Gasteiger partial charge in [0.25, 0.3) is 5.89 Å². The number of hydrogen-bond donors (Lipinski definition) is 1. The normalized spacial score (nSPS) is 20.4. The van der Waals surface area contributed by atoms with Crippen LogP contribution in [0.1, 0.15) is 32.5 Å². The van der Waals surface area contributed by atoms with Crippen LogP contribution in [0.2, 0.25) is 0 Å². The SMILES string of the molecule is CNC(C)Cc1noc(-c2cc(S(=O)(=O)N3CCCC(C)C3)cn2C)n1. The van der Waals surface area contributed by atoms with E-state index in [-0.39, 0.29) is 10.9 Å². The van der Waals surface area contributed by atoms with Gasteiger partial charge in [0.1, 0.15) is 10.6 Å². The van der Waals surface area contributed by atoms with E-state index in [1.165, 1.54) is 0 Å². The van der Waals surface area contributed by atoms with E-state index < -0.39 is 10.0 Å². The minimum absolute atomic E-state index is 0.228. The fourth-order valence-corrected chi connectivity index (χ4v) is 4.89. The number of nitrogens with one attached hydrogen (secondary N) is 1. The van der Waals surface area contributed by atoms with Crippen molar-refractivity contribution in [3.8, 4) is 11.6 Å². The largest absolute Gasteiger partial charge is 0.345 e. The molecule has 0 aromatic carbocycles. The first-order valence-electron chi connectivity index (χ1n) is 8.98. The van der Waals surface area contributed by atoms with E-state index in [4.69, 9.17) is 4.52 Å². The highest BCUT2D eigenvalue weighted by Gasteiger charge is 2.30. The molecule has 1 aliphatic rings. The molecule has 2 aromatic rings. The molecule has 0 saturated carbocycles. The molecule has 2 unspecified atom stereocenters. The van der Waals surface area contributed by atoms with Crippen LogP contribution in [0.15, 0.2) is 21.7 Å². The van der Waals surface area contributed by atoms with Crippen molar-refractivity contribution in [1.82, 2.24) is 24.3 Å². The lowest BCUT2D eigenvalue weighted by Crippen LogP contribution is -2.38. The molecule has 9 heteroatoms. The summed E-state index contributed by atoms with van der Waals surface area (Å²) in [4.78, 5) is 4.67. The Morgan fingerprint density at radius 1 is 1.46 bits per heavy atom. The highest BCUT2D eigenvalue weighted by Crippen LogP contribution is 2.27. The van der Waals surface area contributed by atoms with Crippen LogP contribution in [-0.4, -0.2) is 53.6 Å². The van der Waals surface area contributed by atoms with E-state index in [1.807, 2.05) is 14.0 Å². The van der Waals surface area contributed by atoms with Gasteiger partial charge in [-0.05, 0) is 38.8 Å². The third-order valence-corrected chi connectivity index (χ3v) is 6.74. The summed E-state index contributed by atoms with van der Waals surface area (Å²) in [5.41, 5.74) is 0.601. The van der Waals surface area contributed by atoms with Gasteiger partial charge in [-0.15, -0.1) is 0 Å². The van der Waals surface area contributed by atoms with Crippen LogP contribution in [0.3, 0.4) is 0 Å². The number of likely N-dealkylation sites (N-methyl/N-ethyl adjacent to an activating group) is 1. The summed E-state index contributed by atoms with van der Waals surface area (Å²) >= 11 is 0. The van der Waals surface area contributed by atoms with E-state index in [0.29, 0.717) is 42.8 Å². The fourth-order valence-electron chi connectivity index (χ4n) is 3.22. The molecule has 0 radical (unpaired) electrons. The third kappa shape index (κ3) is 3.84. The molecule has 0 spiro atoms. The molecule has 1 fully saturated rings. The van der Waals surface area contributed by atoms with E-state index >= 15 is 0 Å². The van der Waals surface area contributed by atoms with Gasteiger partial charge in [0, 0.05) is 38.8 Å². The Bertz CT molecular complexity index is 858. The maximum Gasteiger partial charge on any atom is 0.274 e. The second kappa shape index (κ2) is 7.50.